The molecular formula is C7H12O4. The summed E-state index contributed by atoms with van der Waals surface area (Å²) in [5.74, 6) is -1.09. The molecule has 0 aromatic rings. The molecule has 0 amide bonds. The summed E-state index contributed by atoms with van der Waals surface area (Å²) in [4.78, 5) is 10.2. The maximum Gasteiger partial charge on any atom is 0.331 e. The molecule has 3 N–H and O–H groups in total. The first-order chi connectivity index (χ1) is 4.95. The Balaban J connectivity index is 4.19. The largest absolute Gasteiger partial charge is 0.478 e. The SMILES string of the molecule is C/C(=C\C(O)C(C)O)C(=O)O. The van der Waals surface area contributed by atoms with Gasteiger partial charge in [-0.2, -0.15) is 0 Å². The molecule has 0 heterocycles. The Morgan fingerprint density at radius 3 is 2.18 bits per heavy atom. The lowest BCUT2D eigenvalue weighted by molar-refractivity contribution is -0.132. The zero-order chi connectivity index (χ0) is 9.02. The molecule has 0 bridgehead atoms. The van der Waals surface area contributed by atoms with E-state index in [0.29, 0.717) is 0 Å². The van der Waals surface area contributed by atoms with Crippen LogP contribution in [0.5, 0.6) is 0 Å². The lowest BCUT2D eigenvalue weighted by Crippen LogP contribution is -2.20. The van der Waals surface area contributed by atoms with Gasteiger partial charge in [0.25, 0.3) is 0 Å². The maximum absolute atomic E-state index is 10.2. The van der Waals surface area contributed by atoms with Crippen LogP contribution in [0.25, 0.3) is 0 Å². The molecule has 4 nitrogen and oxygen atoms in total. The van der Waals surface area contributed by atoms with Gasteiger partial charge in [-0.1, -0.05) is 0 Å². The van der Waals surface area contributed by atoms with Crippen molar-refractivity contribution in [3.63, 3.8) is 0 Å². The van der Waals surface area contributed by atoms with Crippen molar-refractivity contribution in [1.29, 1.82) is 0 Å². The van der Waals surface area contributed by atoms with Crippen molar-refractivity contribution in [1.82, 2.24) is 0 Å². The maximum atomic E-state index is 10.2. The van der Waals surface area contributed by atoms with Crippen LogP contribution in [0.15, 0.2) is 11.6 Å². The van der Waals surface area contributed by atoms with Crippen LogP contribution in [0.1, 0.15) is 13.8 Å². The normalized spacial score (nSPS) is 17.6. The van der Waals surface area contributed by atoms with Crippen molar-refractivity contribution >= 4 is 5.97 Å². The van der Waals surface area contributed by atoms with Gasteiger partial charge in [0.05, 0.1) is 12.2 Å². The average molecular weight is 160 g/mol. The van der Waals surface area contributed by atoms with Gasteiger partial charge in [-0.3, -0.25) is 0 Å². The molecule has 0 rings (SSSR count). The highest BCUT2D eigenvalue weighted by atomic mass is 16.4. The van der Waals surface area contributed by atoms with Crippen LogP contribution in [0, 0.1) is 0 Å². The molecule has 0 aromatic carbocycles. The topological polar surface area (TPSA) is 77.8 Å². The Morgan fingerprint density at radius 2 is 1.91 bits per heavy atom. The van der Waals surface area contributed by atoms with E-state index < -0.39 is 18.2 Å². The van der Waals surface area contributed by atoms with E-state index in [9.17, 15) is 4.79 Å². The van der Waals surface area contributed by atoms with Gasteiger partial charge < -0.3 is 15.3 Å². The van der Waals surface area contributed by atoms with E-state index in [2.05, 4.69) is 0 Å². The molecule has 4 heteroatoms. The summed E-state index contributed by atoms with van der Waals surface area (Å²) in [5, 5.41) is 26.1. The predicted octanol–water partition coefficient (Wildman–Crippen LogP) is -0.241. The zero-order valence-electron chi connectivity index (χ0n) is 6.48. The summed E-state index contributed by atoms with van der Waals surface area (Å²) >= 11 is 0. The summed E-state index contributed by atoms with van der Waals surface area (Å²) in [7, 11) is 0. The first-order valence-electron chi connectivity index (χ1n) is 3.23. The first kappa shape index (κ1) is 10.1. The van der Waals surface area contributed by atoms with Crippen molar-refractivity contribution in [3.05, 3.63) is 11.6 Å². The van der Waals surface area contributed by atoms with Gasteiger partial charge >= 0.3 is 5.97 Å². The molecule has 11 heavy (non-hydrogen) atoms. The molecule has 0 saturated carbocycles. The zero-order valence-corrected chi connectivity index (χ0v) is 6.48. The third kappa shape index (κ3) is 3.75. The molecule has 0 aliphatic carbocycles. The Hall–Kier alpha value is -0.870. The Kier molecular flexibility index (Phi) is 3.78. The molecule has 64 valence electrons. The summed E-state index contributed by atoms with van der Waals surface area (Å²) in [5.41, 5.74) is 0.0263. The smallest absolute Gasteiger partial charge is 0.331 e. The van der Waals surface area contributed by atoms with E-state index in [1.807, 2.05) is 0 Å². The minimum atomic E-state index is -1.11. The number of hydrogen-bond acceptors (Lipinski definition) is 3. The van der Waals surface area contributed by atoms with Gasteiger partial charge in [-0.25, -0.2) is 4.79 Å². The molecular weight excluding hydrogens is 148 g/mol. The van der Waals surface area contributed by atoms with Crippen LogP contribution in [0.4, 0.5) is 0 Å². The number of hydrogen-bond donors (Lipinski definition) is 3. The van der Waals surface area contributed by atoms with E-state index >= 15 is 0 Å². The number of carboxylic acids is 1. The fourth-order valence-corrected chi connectivity index (χ4v) is 0.467. The minimum absolute atomic E-state index is 0.0263. The van der Waals surface area contributed by atoms with Crippen LogP contribution in [0.2, 0.25) is 0 Å². The van der Waals surface area contributed by atoms with E-state index in [1.54, 1.807) is 0 Å². The van der Waals surface area contributed by atoms with Crippen molar-refractivity contribution < 1.29 is 20.1 Å². The Labute approximate surface area is 64.8 Å². The van der Waals surface area contributed by atoms with E-state index in [1.165, 1.54) is 13.8 Å². The molecule has 2 unspecified atom stereocenters. The summed E-state index contributed by atoms with van der Waals surface area (Å²) in [6.45, 7) is 2.74. The molecule has 0 spiro atoms. The fraction of sp³-hybridized carbons (Fsp3) is 0.571. The quantitative estimate of drug-likeness (QED) is 0.498. The molecule has 0 fully saturated rings. The minimum Gasteiger partial charge on any atom is -0.478 e. The number of carboxylic acid groups (broad SMARTS) is 1. The van der Waals surface area contributed by atoms with Gasteiger partial charge in [-0.05, 0) is 19.9 Å². The third-order valence-corrected chi connectivity index (χ3v) is 1.25. The Bertz CT molecular complexity index is 171. The number of aliphatic carboxylic acids is 1. The first-order valence-corrected chi connectivity index (χ1v) is 3.23. The van der Waals surface area contributed by atoms with Crippen LogP contribution in [0.3, 0.4) is 0 Å². The lowest BCUT2D eigenvalue weighted by atomic mass is 10.1. The van der Waals surface area contributed by atoms with Crippen molar-refractivity contribution in [3.8, 4) is 0 Å². The fourth-order valence-electron chi connectivity index (χ4n) is 0.467. The summed E-state index contributed by atoms with van der Waals surface area (Å²) in [6.07, 6.45) is -0.942. The third-order valence-electron chi connectivity index (χ3n) is 1.25. The van der Waals surface area contributed by atoms with Crippen molar-refractivity contribution in [2.45, 2.75) is 26.1 Å². The van der Waals surface area contributed by atoms with E-state index in [-0.39, 0.29) is 5.57 Å². The Morgan fingerprint density at radius 1 is 1.45 bits per heavy atom. The van der Waals surface area contributed by atoms with Gasteiger partial charge in [0.2, 0.25) is 0 Å². The average Bonchev–Trinajstić information content (AvgIpc) is 1.87. The molecule has 0 aromatic heterocycles. The van der Waals surface area contributed by atoms with E-state index in [0.717, 1.165) is 6.08 Å². The van der Waals surface area contributed by atoms with Gasteiger partial charge in [0.15, 0.2) is 0 Å². The van der Waals surface area contributed by atoms with E-state index in [4.69, 9.17) is 15.3 Å². The highest BCUT2D eigenvalue weighted by molar-refractivity contribution is 5.85. The summed E-state index contributed by atoms with van der Waals surface area (Å²) < 4.78 is 0. The highest BCUT2D eigenvalue weighted by Crippen LogP contribution is 1.99. The van der Waals surface area contributed by atoms with Gasteiger partial charge in [0.1, 0.15) is 0 Å². The monoisotopic (exact) mass is 160 g/mol. The standard InChI is InChI=1S/C7H12O4/c1-4(7(10)11)3-6(9)5(2)8/h3,5-6,8-9H,1-2H3,(H,10,11)/b4-3+. The van der Waals surface area contributed by atoms with Gasteiger partial charge in [0, 0.05) is 5.57 Å². The number of aliphatic hydroxyl groups excluding tert-OH is 2. The van der Waals surface area contributed by atoms with Crippen LogP contribution in [-0.2, 0) is 4.79 Å². The number of rotatable bonds is 3. The molecule has 2 atom stereocenters. The second-order valence-electron chi connectivity index (χ2n) is 2.39. The van der Waals surface area contributed by atoms with Crippen LogP contribution in [-0.4, -0.2) is 33.5 Å². The summed E-state index contributed by atoms with van der Waals surface area (Å²) in [6, 6.07) is 0. The predicted molar refractivity (Wildman–Crippen MR) is 39.1 cm³/mol. The van der Waals surface area contributed by atoms with Crippen molar-refractivity contribution in [2.75, 3.05) is 0 Å². The second-order valence-corrected chi connectivity index (χ2v) is 2.39. The van der Waals surface area contributed by atoms with Crippen LogP contribution >= 0.6 is 0 Å². The lowest BCUT2D eigenvalue weighted by Gasteiger charge is -2.08. The molecule has 0 saturated heterocycles. The number of carbonyl (C=O) groups is 1. The molecule has 0 aliphatic rings. The molecule has 0 aliphatic heterocycles. The molecule has 0 radical (unpaired) electrons. The second kappa shape index (κ2) is 4.10. The highest BCUT2D eigenvalue weighted by Gasteiger charge is 2.09. The van der Waals surface area contributed by atoms with Crippen LogP contribution < -0.4 is 0 Å². The number of aliphatic hydroxyl groups is 2. The van der Waals surface area contributed by atoms with Crippen molar-refractivity contribution in [2.24, 2.45) is 0 Å². The van der Waals surface area contributed by atoms with Gasteiger partial charge in [-0.15, -0.1) is 0 Å².